The van der Waals surface area contributed by atoms with E-state index < -0.39 is 4.92 Å². The second-order valence-corrected chi connectivity index (χ2v) is 4.36. The van der Waals surface area contributed by atoms with Crippen LogP contribution in [0.4, 0.5) is 11.5 Å². The Labute approximate surface area is 117 Å². The first-order valence-electron chi connectivity index (χ1n) is 6.43. The molecule has 0 unspecified atom stereocenters. The summed E-state index contributed by atoms with van der Waals surface area (Å²) < 4.78 is 0. The first-order valence-corrected chi connectivity index (χ1v) is 6.43. The molecule has 0 radical (unpaired) electrons. The highest BCUT2D eigenvalue weighted by Crippen LogP contribution is 2.28. The molecule has 0 bridgehead atoms. The molecular weight excluding hydrogens is 256 g/mol. The molecule has 0 amide bonds. The van der Waals surface area contributed by atoms with E-state index in [0.717, 1.165) is 35.5 Å². The monoisotopic (exact) mass is 272 g/mol. The molecule has 1 aromatic carbocycles. The largest absolute Gasteiger partial charge is 0.373 e. The average Bonchev–Trinajstić information content (AvgIpc) is 2.48. The maximum Gasteiger partial charge on any atom is 0.270 e. The number of nitro benzene ring substituents is 1. The van der Waals surface area contributed by atoms with E-state index in [0.29, 0.717) is 0 Å². The van der Waals surface area contributed by atoms with Gasteiger partial charge in [0.1, 0.15) is 12.1 Å². The minimum Gasteiger partial charge on any atom is -0.373 e. The molecule has 0 spiro atoms. The standard InChI is InChI=1S/C14H16N4O2/c1-3-5-12-13(16-9-17-14(12)15-2)10-6-4-7-11(8-10)18(19)20/h4,6-9H,3,5H2,1-2H3,(H,15,16,17). The summed E-state index contributed by atoms with van der Waals surface area (Å²) in [5, 5.41) is 13.9. The third-order valence-electron chi connectivity index (χ3n) is 3.01. The number of aromatic nitrogens is 2. The molecule has 2 aromatic rings. The molecule has 0 saturated carbocycles. The SMILES string of the molecule is CCCc1c(NC)ncnc1-c1cccc([N+](=O)[O-])c1. The van der Waals surface area contributed by atoms with Crippen LogP contribution in [0, 0.1) is 10.1 Å². The predicted molar refractivity (Wildman–Crippen MR) is 77.7 cm³/mol. The molecule has 1 N–H and O–H groups in total. The topological polar surface area (TPSA) is 81.0 Å². The van der Waals surface area contributed by atoms with Gasteiger partial charge in [0.25, 0.3) is 5.69 Å². The summed E-state index contributed by atoms with van der Waals surface area (Å²) in [5.74, 6) is 0.767. The van der Waals surface area contributed by atoms with Crippen molar-refractivity contribution in [2.75, 3.05) is 12.4 Å². The molecule has 0 atom stereocenters. The third-order valence-corrected chi connectivity index (χ3v) is 3.01. The van der Waals surface area contributed by atoms with Gasteiger partial charge in [0.2, 0.25) is 0 Å². The fourth-order valence-electron chi connectivity index (χ4n) is 2.13. The quantitative estimate of drug-likeness (QED) is 0.668. The van der Waals surface area contributed by atoms with Gasteiger partial charge in [-0.2, -0.15) is 0 Å². The number of rotatable bonds is 5. The fourth-order valence-corrected chi connectivity index (χ4v) is 2.13. The van der Waals surface area contributed by atoms with Crippen molar-refractivity contribution in [1.82, 2.24) is 9.97 Å². The van der Waals surface area contributed by atoms with Crippen LogP contribution in [0.25, 0.3) is 11.3 Å². The Balaban J connectivity index is 2.56. The van der Waals surface area contributed by atoms with Crippen LogP contribution in [-0.2, 0) is 6.42 Å². The molecular formula is C14H16N4O2. The number of nitrogens with one attached hydrogen (secondary N) is 1. The first kappa shape index (κ1) is 13.9. The van der Waals surface area contributed by atoms with Gasteiger partial charge in [0.15, 0.2) is 0 Å². The van der Waals surface area contributed by atoms with Crippen LogP contribution in [0.5, 0.6) is 0 Å². The van der Waals surface area contributed by atoms with Crippen LogP contribution in [0.2, 0.25) is 0 Å². The van der Waals surface area contributed by atoms with Crippen molar-refractivity contribution in [3.05, 3.63) is 46.3 Å². The molecule has 0 aliphatic carbocycles. The van der Waals surface area contributed by atoms with Gasteiger partial charge in [0, 0.05) is 30.3 Å². The second-order valence-electron chi connectivity index (χ2n) is 4.36. The Kier molecular flexibility index (Phi) is 4.24. The lowest BCUT2D eigenvalue weighted by molar-refractivity contribution is -0.384. The van der Waals surface area contributed by atoms with Gasteiger partial charge in [-0.05, 0) is 6.42 Å². The highest BCUT2D eigenvalue weighted by atomic mass is 16.6. The Bertz CT molecular complexity index is 628. The summed E-state index contributed by atoms with van der Waals surface area (Å²) in [6.07, 6.45) is 3.23. The highest BCUT2D eigenvalue weighted by Gasteiger charge is 2.14. The lowest BCUT2D eigenvalue weighted by Gasteiger charge is -2.12. The zero-order valence-corrected chi connectivity index (χ0v) is 11.5. The second kappa shape index (κ2) is 6.10. The molecule has 0 aliphatic rings. The first-order chi connectivity index (χ1) is 9.67. The average molecular weight is 272 g/mol. The van der Waals surface area contributed by atoms with Crippen molar-refractivity contribution in [3.8, 4) is 11.3 Å². The molecule has 20 heavy (non-hydrogen) atoms. The van der Waals surface area contributed by atoms with Gasteiger partial charge in [-0.25, -0.2) is 9.97 Å². The molecule has 104 valence electrons. The lowest BCUT2D eigenvalue weighted by Crippen LogP contribution is -2.03. The highest BCUT2D eigenvalue weighted by molar-refractivity contribution is 5.70. The van der Waals surface area contributed by atoms with E-state index in [2.05, 4.69) is 22.2 Å². The van der Waals surface area contributed by atoms with Crippen molar-refractivity contribution in [2.24, 2.45) is 0 Å². The van der Waals surface area contributed by atoms with E-state index in [1.54, 1.807) is 19.2 Å². The van der Waals surface area contributed by atoms with Crippen LogP contribution in [0.15, 0.2) is 30.6 Å². The van der Waals surface area contributed by atoms with Gasteiger partial charge >= 0.3 is 0 Å². The normalized spacial score (nSPS) is 10.3. The molecule has 6 heteroatoms. The van der Waals surface area contributed by atoms with Crippen LogP contribution >= 0.6 is 0 Å². The van der Waals surface area contributed by atoms with E-state index in [1.807, 2.05) is 6.07 Å². The molecule has 0 fully saturated rings. The summed E-state index contributed by atoms with van der Waals surface area (Å²) >= 11 is 0. The lowest BCUT2D eigenvalue weighted by atomic mass is 10.0. The van der Waals surface area contributed by atoms with E-state index in [9.17, 15) is 10.1 Å². The summed E-state index contributed by atoms with van der Waals surface area (Å²) in [6, 6.07) is 6.52. The van der Waals surface area contributed by atoms with Gasteiger partial charge in [-0.15, -0.1) is 0 Å². The van der Waals surface area contributed by atoms with Gasteiger partial charge in [-0.1, -0.05) is 25.5 Å². The number of hydrogen-bond donors (Lipinski definition) is 1. The third kappa shape index (κ3) is 2.74. The molecule has 1 aromatic heterocycles. The van der Waals surface area contributed by atoms with Crippen molar-refractivity contribution >= 4 is 11.5 Å². The fraction of sp³-hybridized carbons (Fsp3) is 0.286. The van der Waals surface area contributed by atoms with Gasteiger partial charge in [-0.3, -0.25) is 10.1 Å². The van der Waals surface area contributed by atoms with Crippen molar-refractivity contribution < 1.29 is 4.92 Å². The summed E-state index contributed by atoms with van der Waals surface area (Å²) in [5.41, 5.74) is 2.53. The number of nitrogens with zero attached hydrogens (tertiary/aromatic N) is 3. The zero-order chi connectivity index (χ0) is 14.5. The number of benzene rings is 1. The summed E-state index contributed by atoms with van der Waals surface area (Å²) in [4.78, 5) is 19.0. The zero-order valence-electron chi connectivity index (χ0n) is 11.5. The smallest absolute Gasteiger partial charge is 0.270 e. The van der Waals surface area contributed by atoms with Crippen LogP contribution in [0.1, 0.15) is 18.9 Å². The molecule has 6 nitrogen and oxygen atoms in total. The maximum atomic E-state index is 10.9. The number of hydrogen-bond acceptors (Lipinski definition) is 5. The van der Waals surface area contributed by atoms with Crippen molar-refractivity contribution in [1.29, 1.82) is 0 Å². The van der Waals surface area contributed by atoms with Crippen molar-refractivity contribution in [3.63, 3.8) is 0 Å². The number of nitro groups is 1. The number of non-ortho nitro benzene ring substituents is 1. The Morgan fingerprint density at radius 1 is 1.35 bits per heavy atom. The molecule has 0 saturated heterocycles. The van der Waals surface area contributed by atoms with Gasteiger partial charge in [0.05, 0.1) is 10.6 Å². The van der Waals surface area contributed by atoms with E-state index in [1.165, 1.54) is 12.4 Å². The van der Waals surface area contributed by atoms with Crippen LogP contribution in [-0.4, -0.2) is 21.9 Å². The Hall–Kier alpha value is -2.50. The Morgan fingerprint density at radius 3 is 2.80 bits per heavy atom. The predicted octanol–water partition coefficient (Wildman–Crippen LogP) is 3.05. The number of anilines is 1. The Morgan fingerprint density at radius 2 is 2.15 bits per heavy atom. The van der Waals surface area contributed by atoms with E-state index in [4.69, 9.17) is 0 Å². The molecule has 0 aliphatic heterocycles. The molecule has 1 heterocycles. The van der Waals surface area contributed by atoms with Crippen LogP contribution in [0.3, 0.4) is 0 Å². The van der Waals surface area contributed by atoms with Gasteiger partial charge < -0.3 is 5.32 Å². The minimum atomic E-state index is -0.400. The summed E-state index contributed by atoms with van der Waals surface area (Å²) in [7, 11) is 1.80. The van der Waals surface area contributed by atoms with E-state index in [-0.39, 0.29) is 5.69 Å². The van der Waals surface area contributed by atoms with Crippen LogP contribution < -0.4 is 5.32 Å². The molecule has 2 rings (SSSR count). The van der Waals surface area contributed by atoms with Crippen molar-refractivity contribution in [2.45, 2.75) is 19.8 Å². The minimum absolute atomic E-state index is 0.0644. The van der Waals surface area contributed by atoms with E-state index >= 15 is 0 Å². The summed E-state index contributed by atoms with van der Waals surface area (Å²) in [6.45, 7) is 2.07. The maximum absolute atomic E-state index is 10.9.